The molecule has 2 heterocycles. The lowest BCUT2D eigenvalue weighted by Crippen LogP contribution is -2.42. The van der Waals surface area contributed by atoms with Crippen molar-refractivity contribution < 1.29 is 14.7 Å². The van der Waals surface area contributed by atoms with Crippen LogP contribution in [0.1, 0.15) is 15.4 Å². The van der Waals surface area contributed by atoms with Gasteiger partial charge in [0.25, 0.3) is 5.91 Å². The van der Waals surface area contributed by atoms with E-state index in [1.54, 1.807) is 12.1 Å². The number of carbonyl (C=O) groups excluding carboxylic acids is 1. The molecule has 3 N–H and O–H groups in total. The summed E-state index contributed by atoms with van der Waals surface area (Å²) < 4.78 is 0.477. The molecule has 0 fully saturated rings. The molecule has 1 amide bonds. The van der Waals surface area contributed by atoms with Crippen LogP contribution in [-0.4, -0.2) is 33.0 Å². The van der Waals surface area contributed by atoms with Gasteiger partial charge in [-0.25, -0.2) is 9.78 Å². The van der Waals surface area contributed by atoms with Crippen LogP contribution in [0.3, 0.4) is 0 Å². The van der Waals surface area contributed by atoms with Gasteiger partial charge in [0.2, 0.25) is 0 Å². The Bertz CT molecular complexity index is 582. The molecule has 0 aromatic carbocycles. The molecule has 2 aromatic heterocycles. The lowest BCUT2D eigenvalue weighted by molar-refractivity contribution is -0.139. The minimum atomic E-state index is -1.11. The Morgan fingerprint density at radius 3 is 2.84 bits per heavy atom. The van der Waals surface area contributed by atoms with Gasteiger partial charge >= 0.3 is 5.97 Å². The number of carboxylic acids is 1. The van der Waals surface area contributed by atoms with Crippen molar-refractivity contribution in [2.24, 2.45) is 0 Å². The number of nitrogens with one attached hydrogen (secondary N) is 2. The van der Waals surface area contributed by atoms with E-state index in [-0.39, 0.29) is 6.42 Å². The first-order valence-corrected chi connectivity index (χ1v) is 6.52. The molecule has 2 aromatic rings. The van der Waals surface area contributed by atoms with Crippen molar-refractivity contribution in [1.29, 1.82) is 0 Å². The molecular weight excluding hydrogens is 290 g/mol. The van der Waals surface area contributed by atoms with Crippen molar-refractivity contribution in [2.75, 3.05) is 0 Å². The first-order chi connectivity index (χ1) is 9.06. The van der Waals surface area contributed by atoms with Crippen molar-refractivity contribution >= 4 is 34.8 Å². The lowest BCUT2D eigenvalue weighted by Gasteiger charge is -2.12. The number of nitrogens with zero attached hydrogens (tertiary/aromatic N) is 1. The fourth-order valence-corrected chi connectivity index (χ4v) is 2.43. The molecule has 0 aliphatic heterocycles. The van der Waals surface area contributed by atoms with E-state index in [1.807, 2.05) is 0 Å². The molecule has 1 atom stereocenters. The van der Waals surface area contributed by atoms with Crippen LogP contribution in [-0.2, 0) is 11.2 Å². The maximum absolute atomic E-state index is 11.9. The summed E-state index contributed by atoms with van der Waals surface area (Å²) in [4.78, 5) is 29.9. The molecule has 0 spiro atoms. The van der Waals surface area contributed by atoms with E-state index in [9.17, 15) is 9.59 Å². The number of thiophene rings is 1. The fraction of sp³-hybridized carbons (Fsp3) is 0.182. The van der Waals surface area contributed by atoms with E-state index in [0.29, 0.717) is 14.9 Å². The summed E-state index contributed by atoms with van der Waals surface area (Å²) in [7, 11) is 0. The summed E-state index contributed by atoms with van der Waals surface area (Å²) in [5, 5.41) is 11.6. The summed E-state index contributed by atoms with van der Waals surface area (Å²) in [6.07, 6.45) is 3.11. The molecule has 19 heavy (non-hydrogen) atoms. The van der Waals surface area contributed by atoms with Gasteiger partial charge in [-0.2, -0.15) is 0 Å². The highest BCUT2D eigenvalue weighted by Crippen LogP contribution is 2.21. The van der Waals surface area contributed by atoms with Crippen LogP contribution in [0.25, 0.3) is 0 Å². The Balaban J connectivity index is 2.04. The molecule has 8 heteroatoms. The van der Waals surface area contributed by atoms with Crippen LogP contribution in [0.2, 0.25) is 4.34 Å². The normalized spacial score (nSPS) is 12.1. The van der Waals surface area contributed by atoms with Crippen molar-refractivity contribution in [3.05, 3.63) is 39.6 Å². The maximum atomic E-state index is 11.9. The number of imidazole rings is 1. The third-order valence-corrected chi connectivity index (χ3v) is 3.61. The number of amides is 1. The zero-order valence-corrected chi connectivity index (χ0v) is 11.2. The molecule has 6 nitrogen and oxygen atoms in total. The van der Waals surface area contributed by atoms with E-state index >= 15 is 0 Å². The number of halogens is 1. The molecule has 0 saturated carbocycles. The second-order valence-corrected chi connectivity index (χ2v) is 5.46. The highest BCUT2D eigenvalue weighted by molar-refractivity contribution is 7.18. The minimum Gasteiger partial charge on any atom is -0.480 e. The predicted molar refractivity (Wildman–Crippen MR) is 70.5 cm³/mol. The van der Waals surface area contributed by atoms with Crippen molar-refractivity contribution in [2.45, 2.75) is 12.5 Å². The van der Waals surface area contributed by atoms with E-state index < -0.39 is 17.9 Å². The van der Waals surface area contributed by atoms with E-state index in [4.69, 9.17) is 16.7 Å². The predicted octanol–water partition coefficient (Wildman–Crippen LogP) is 1.55. The van der Waals surface area contributed by atoms with E-state index in [0.717, 1.165) is 11.3 Å². The summed E-state index contributed by atoms with van der Waals surface area (Å²) in [6.45, 7) is 0. The largest absolute Gasteiger partial charge is 0.480 e. The Hall–Kier alpha value is -1.86. The zero-order chi connectivity index (χ0) is 13.8. The second-order valence-electron chi connectivity index (χ2n) is 3.75. The van der Waals surface area contributed by atoms with Crippen LogP contribution in [0.4, 0.5) is 0 Å². The van der Waals surface area contributed by atoms with E-state index in [1.165, 1.54) is 12.5 Å². The van der Waals surface area contributed by atoms with Crippen LogP contribution < -0.4 is 5.32 Å². The molecule has 0 radical (unpaired) electrons. The average molecular weight is 300 g/mol. The third kappa shape index (κ3) is 3.55. The number of hydrogen-bond donors (Lipinski definition) is 3. The van der Waals surface area contributed by atoms with Gasteiger partial charge in [0.1, 0.15) is 6.04 Å². The highest BCUT2D eigenvalue weighted by Gasteiger charge is 2.22. The minimum absolute atomic E-state index is 0.139. The summed E-state index contributed by atoms with van der Waals surface area (Å²) in [6, 6.07) is 2.12. The fourth-order valence-electron chi connectivity index (χ4n) is 1.48. The number of aliphatic carboxylic acids is 1. The van der Waals surface area contributed by atoms with Crippen LogP contribution in [0.15, 0.2) is 24.7 Å². The monoisotopic (exact) mass is 299 g/mol. The SMILES string of the molecule is O=C(NC(Cc1cnc[nH]1)C(=O)O)c1ccc(Cl)s1. The average Bonchev–Trinajstić information content (AvgIpc) is 2.99. The van der Waals surface area contributed by atoms with Crippen LogP contribution in [0, 0.1) is 0 Å². The van der Waals surface area contributed by atoms with Crippen LogP contribution in [0.5, 0.6) is 0 Å². The van der Waals surface area contributed by atoms with Gasteiger partial charge in [-0.05, 0) is 12.1 Å². The first-order valence-electron chi connectivity index (χ1n) is 5.32. The van der Waals surface area contributed by atoms with Gasteiger partial charge in [-0.3, -0.25) is 4.79 Å². The smallest absolute Gasteiger partial charge is 0.326 e. The molecule has 1 unspecified atom stereocenters. The van der Waals surface area contributed by atoms with Crippen LogP contribution >= 0.6 is 22.9 Å². The van der Waals surface area contributed by atoms with Gasteiger partial charge in [-0.15, -0.1) is 11.3 Å². The molecule has 2 rings (SSSR count). The number of aromatic nitrogens is 2. The molecule has 100 valence electrons. The maximum Gasteiger partial charge on any atom is 0.326 e. The van der Waals surface area contributed by atoms with Gasteiger partial charge in [0, 0.05) is 18.3 Å². The highest BCUT2D eigenvalue weighted by atomic mass is 35.5. The second kappa shape index (κ2) is 5.85. The molecule has 0 aliphatic rings. The number of aromatic amines is 1. The molecule has 0 saturated heterocycles. The topological polar surface area (TPSA) is 95.1 Å². The number of carbonyl (C=O) groups is 2. The Morgan fingerprint density at radius 2 is 2.32 bits per heavy atom. The van der Waals surface area contributed by atoms with Gasteiger partial charge < -0.3 is 15.4 Å². The summed E-state index contributed by atoms with van der Waals surface area (Å²) >= 11 is 6.83. The summed E-state index contributed by atoms with van der Waals surface area (Å²) in [5.41, 5.74) is 0.636. The quantitative estimate of drug-likeness (QED) is 0.780. The van der Waals surface area contributed by atoms with Crippen molar-refractivity contribution in [3.63, 3.8) is 0 Å². The van der Waals surface area contributed by atoms with Gasteiger partial charge in [0.05, 0.1) is 15.5 Å². The zero-order valence-electron chi connectivity index (χ0n) is 9.59. The Labute approximate surface area is 117 Å². The first kappa shape index (κ1) is 13.6. The van der Waals surface area contributed by atoms with Crippen molar-refractivity contribution in [1.82, 2.24) is 15.3 Å². The number of hydrogen-bond acceptors (Lipinski definition) is 4. The van der Waals surface area contributed by atoms with Gasteiger partial charge in [0.15, 0.2) is 0 Å². The van der Waals surface area contributed by atoms with E-state index in [2.05, 4.69) is 15.3 Å². The number of rotatable bonds is 5. The summed E-state index contributed by atoms with van der Waals surface area (Å²) in [5.74, 6) is -1.56. The number of carboxylic acid groups (broad SMARTS) is 1. The third-order valence-electron chi connectivity index (χ3n) is 2.38. The van der Waals surface area contributed by atoms with Crippen molar-refractivity contribution in [3.8, 4) is 0 Å². The Kier molecular flexibility index (Phi) is 4.18. The molecular formula is C11H10ClN3O3S. The number of H-pyrrole nitrogens is 1. The van der Waals surface area contributed by atoms with Gasteiger partial charge in [-0.1, -0.05) is 11.6 Å². The molecule has 0 bridgehead atoms. The molecule has 0 aliphatic carbocycles. The Morgan fingerprint density at radius 1 is 1.53 bits per heavy atom. The lowest BCUT2D eigenvalue weighted by atomic mass is 10.1. The standard InChI is InChI=1S/C11H10ClN3O3S/c12-9-2-1-8(19-9)10(16)15-7(11(17)18)3-6-4-13-5-14-6/h1-2,4-5,7H,3H2,(H,13,14)(H,15,16)(H,17,18).